The first-order valence-corrected chi connectivity index (χ1v) is 8.07. The first kappa shape index (κ1) is 14.4. The fourth-order valence-electron chi connectivity index (χ4n) is 3.43. The molecule has 8 nitrogen and oxygen atoms in total. The van der Waals surface area contributed by atoms with Gasteiger partial charge >= 0.3 is 0 Å². The number of aromatic amines is 1. The number of ether oxygens (including phenoxy) is 1. The lowest BCUT2D eigenvalue weighted by molar-refractivity contribution is -0.139. The molecule has 1 amide bonds. The minimum absolute atomic E-state index is 0.0239. The van der Waals surface area contributed by atoms with Crippen LogP contribution in [0.2, 0.25) is 0 Å². The molecule has 0 spiro atoms. The Morgan fingerprint density at radius 1 is 1.43 bits per heavy atom. The molecule has 0 saturated carbocycles. The largest absolute Gasteiger partial charge is 0.368 e. The third-order valence-electron chi connectivity index (χ3n) is 4.70. The van der Waals surface area contributed by atoms with Crippen LogP contribution in [0.4, 0.5) is 0 Å². The van der Waals surface area contributed by atoms with Gasteiger partial charge in [0.2, 0.25) is 5.91 Å². The Labute approximate surface area is 133 Å². The molecule has 0 aromatic carbocycles. The van der Waals surface area contributed by atoms with Crippen molar-refractivity contribution in [1.82, 2.24) is 30.1 Å². The highest BCUT2D eigenvalue weighted by atomic mass is 16.5. The van der Waals surface area contributed by atoms with Crippen LogP contribution in [-0.4, -0.2) is 55.2 Å². The smallest absolute Gasteiger partial charge is 0.222 e. The van der Waals surface area contributed by atoms with E-state index >= 15 is 0 Å². The topological polar surface area (TPSA) is 88.9 Å². The summed E-state index contributed by atoms with van der Waals surface area (Å²) < 4.78 is 7.87. The number of rotatable bonds is 4. The number of aryl methyl sites for hydroxylation is 1. The van der Waals surface area contributed by atoms with Gasteiger partial charge in [0.25, 0.3) is 0 Å². The fourth-order valence-corrected chi connectivity index (χ4v) is 3.43. The number of hydrogen-bond acceptors (Lipinski definition) is 5. The molecule has 1 N–H and O–H groups in total. The van der Waals surface area contributed by atoms with E-state index in [-0.39, 0.29) is 18.1 Å². The number of fused-ring (bicyclic) bond motifs is 3. The molecule has 1 saturated heterocycles. The maximum absolute atomic E-state index is 12.4. The summed E-state index contributed by atoms with van der Waals surface area (Å²) in [6.07, 6.45) is 8.62. The van der Waals surface area contributed by atoms with Crippen LogP contribution < -0.4 is 0 Å². The van der Waals surface area contributed by atoms with E-state index < -0.39 is 0 Å². The van der Waals surface area contributed by atoms with E-state index in [4.69, 9.17) is 4.74 Å². The van der Waals surface area contributed by atoms with Gasteiger partial charge in [0.15, 0.2) is 0 Å². The molecule has 0 aliphatic carbocycles. The van der Waals surface area contributed by atoms with Gasteiger partial charge in [-0.15, -0.1) is 5.10 Å². The quantitative estimate of drug-likeness (QED) is 0.897. The number of nitrogens with zero attached hydrogens (tertiary/aromatic N) is 5. The minimum atomic E-state index is 0.0239. The maximum atomic E-state index is 12.4. The molecule has 23 heavy (non-hydrogen) atoms. The van der Waals surface area contributed by atoms with Crippen LogP contribution in [0.5, 0.6) is 0 Å². The first-order chi connectivity index (χ1) is 11.3. The van der Waals surface area contributed by atoms with Crippen molar-refractivity contribution < 1.29 is 9.53 Å². The molecule has 4 rings (SSSR count). The maximum Gasteiger partial charge on any atom is 0.222 e. The molecule has 122 valence electrons. The van der Waals surface area contributed by atoms with Crippen LogP contribution in [0.3, 0.4) is 0 Å². The number of amides is 1. The van der Waals surface area contributed by atoms with Gasteiger partial charge in [0.1, 0.15) is 0 Å². The molecule has 0 unspecified atom stereocenters. The summed E-state index contributed by atoms with van der Waals surface area (Å²) in [6, 6.07) is 0.205. The summed E-state index contributed by atoms with van der Waals surface area (Å²) in [7, 11) is 0. The Balaban J connectivity index is 1.31. The van der Waals surface area contributed by atoms with Gasteiger partial charge in [-0.25, -0.2) is 4.68 Å². The molecule has 0 bridgehead atoms. The molecular weight excluding hydrogens is 296 g/mol. The van der Waals surface area contributed by atoms with Crippen molar-refractivity contribution in [3.8, 4) is 0 Å². The number of carbonyl (C=O) groups is 1. The zero-order valence-electron chi connectivity index (χ0n) is 12.9. The highest BCUT2D eigenvalue weighted by molar-refractivity contribution is 5.76. The van der Waals surface area contributed by atoms with Gasteiger partial charge in [-0.2, -0.15) is 5.10 Å². The number of carbonyl (C=O) groups excluding carboxylic acids is 1. The molecule has 4 heterocycles. The number of hydrogen-bond donors (Lipinski definition) is 1. The van der Waals surface area contributed by atoms with E-state index in [9.17, 15) is 4.79 Å². The van der Waals surface area contributed by atoms with Crippen molar-refractivity contribution in [3.05, 3.63) is 29.8 Å². The van der Waals surface area contributed by atoms with E-state index in [0.717, 1.165) is 37.1 Å². The monoisotopic (exact) mass is 316 g/mol. The highest BCUT2D eigenvalue weighted by Gasteiger charge is 2.37. The highest BCUT2D eigenvalue weighted by Crippen LogP contribution is 2.30. The van der Waals surface area contributed by atoms with E-state index in [1.165, 1.54) is 0 Å². The van der Waals surface area contributed by atoms with E-state index in [1.807, 2.05) is 22.0 Å². The Morgan fingerprint density at radius 3 is 3.26 bits per heavy atom. The number of nitrogens with one attached hydrogen (secondary N) is 1. The lowest BCUT2D eigenvalue weighted by Crippen LogP contribution is -2.50. The summed E-state index contributed by atoms with van der Waals surface area (Å²) in [5, 5.41) is 14.8. The van der Waals surface area contributed by atoms with Gasteiger partial charge in [0, 0.05) is 25.7 Å². The molecule has 2 aliphatic heterocycles. The van der Waals surface area contributed by atoms with Crippen LogP contribution in [-0.2, 0) is 22.6 Å². The lowest BCUT2D eigenvalue weighted by atomic mass is 9.99. The summed E-state index contributed by atoms with van der Waals surface area (Å²) in [6.45, 7) is 1.93. The molecule has 0 radical (unpaired) electrons. The second kappa shape index (κ2) is 6.11. The van der Waals surface area contributed by atoms with E-state index in [0.29, 0.717) is 19.6 Å². The normalized spacial score (nSPS) is 23.4. The molecule has 2 atom stereocenters. The van der Waals surface area contributed by atoms with Crippen molar-refractivity contribution in [2.24, 2.45) is 0 Å². The molecule has 2 aromatic rings. The molecule has 2 aliphatic rings. The van der Waals surface area contributed by atoms with Crippen LogP contribution >= 0.6 is 0 Å². The molecule has 1 fully saturated rings. The zero-order valence-corrected chi connectivity index (χ0v) is 12.9. The molecule has 8 heteroatoms. The Morgan fingerprint density at radius 2 is 2.39 bits per heavy atom. The van der Waals surface area contributed by atoms with Crippen molar-refractivity contribution in [2.45, 2.75) is 44.4 Å². The van der Waals surface area contributed by atoms with Gasteiger partial charge in [-0.1, -0.05) is 5.21 Å². The third kappa shape index (κ3) is 2.86. The number of H-pyrrole nitrogens is 1. The van der Waals surface area contributed by atoms with Gasteiger partial charge < -0.3 is 9.64 Å². The second-order valence-electron chi connectivity index (χ2n) is 6.18. The lowest BCUT2D eigenvalue weighted by Gasteiger charge is -2.41. The van der Waals surface area contributed by atoms with Crippen LogP contribution in [0.25, 0.3) is 0 Å². The zero-order chi connectivity index (χ0) is 15.6. The Kier molecular flexibility index (Phi) is 3.82. The van der Waals surface area contributed by atoms with E-state index in [1.54, 1.807) is 6.20 Å². The van der Waals surface area contributed by atoms with Crippen LogP contribution in [0, 0.1) is 0 Å². The van der Waals surface area contributed by atoms with Crippen molar-refractivity contribution in [1.29, 1.82) is 0 Å². The van der Waals surface area contributed by atoms with Crippen molar-refractivity contribution >= 4 is 5.91 Å². The average molecular weight is 316 g/mol. The fraction of sp³-hybridized carbons (Fsp3) is 0.600. The van der Waals surface area contributed by atoms with Gasteiger partial charge in [-0.05, 0) is 24.8 Å². The summed E-state index contributed by atoms with van der Waals surface area (Å²) in [5.41, 5.74) is 2.16. The first-order valence-electron chi connectivity index (χ1n) is 8.07. The summed E-state index contributed by atoms with van der Waals surface area (Å²) in [4.78, 5) is 14.3. The van der Waals surface area contributed by atoms with Crippen LogP contribution in [0.15, 0.2) is 18.6 Å². The second-order valence-corrected chi connectivity index (χ2v) is 6.18. The number of aromatic nitrogens is 5. The van der Waals surface area contributed by atoms with Crippen molar-refractivity contribution in [2.75, 3.05) is 13.1 Å². The average Bonchev–Trinajstić information content (AvgIpc) is 3.25. The van der Waals surface area contributed by atoms with E-state index in [2.05, 4.69) is 20.5 Å². The Bertz CT molecular complexity index is 667. The minimum Gasteiger partial charge on any atom is -0.368 e. The predicted molar refractivity (Wildman–Crippen MR) is 80.4 cm³/mol. The number of piperidine rings is 1. The summed E-state index contributed by atoms with van der Waals surface area (Å²) >= 11 is 0. The van der Waals surface area contributed by atoms with Crippen LogP contribution in [0.1, 0.15) is 36.6 Å². The summed E-state index contributed by atoms with van der Waals surface area (Å²) in [5.74, 6) is 0.208. The Hall–Kier alpha value is -2.22. The van der Waals surface area contributed by atoms with Gasteiger partial charge in [0.05, 0.1) is 36.8 Å². The molecular formula is C15H20N6O2. The number of likely N-dealkylation sites (tertiary alicyclic amines) is 1. The predicted octanol–water partition coefficient (Wildman–Crippen LogP) is 0.696. The molecule has 2 aromatic heterocycles. The van der Waals surface area contributed by atoms with Gasteiger partial charge in [-0.3, -0.25) is 9.89 Å². The SMILES string of the molecule is O=C(CCCc1cn[nH]c1)N1CC[C@H]2[C@H](C1)OCc1cnnn12. The third-order valence-corrected chi connectivity index (χ3v) is 4.70. The standard InChI is InChI=1S/C15H20N6O2/c22-15(3-1-2-11-6-16-17-7-11)20-5-4-13-14(9-20)23-10-12-8-18-19-21(12)13/h6-8,13-14H,1-5,9-10H2,(H,16,17)/t13-,14-/m0/s1. The van der Waals surface area contributed by atoms with Crippen molar-refractivity contribution in [3.63, 3.8) is 0 Å².